The Bertz CT molecular complexity index is 497. The highest BCUT2D eigenvalue weighted by molar-refractivity contribution is 5.82. The second-order valence-electron chi connectivity index (χ2n) is 6.56. The molecule has 3 N–H and O–H groups in total. The lowest BCUT2D eigenvalue weighted by molar-refractivity contribution is -0.134. The smallest absolute Gasteiger partial charge is 0.249 e. The fourth-order valence-electron chi connectivity index (χ4n) is 3.79. The molecule has 0 radical (unpaired) electrons. The molecule has 2 fully saturated rings. The van der Waals surface area contributed by atoms with Crippen molar-refractivity contribution in [1.29, 1.82) is 0 Å². The van der Waals surface area contributed by atoms with Gasteiger partial charge in [0.1, 0.15) is 6.10 Å². The highest BCUT2D eigenvalue weighted by Gasteiger charge is 2.38. The number of benzene rings is 1. The number of carbonyl (C=O) groups excluding carboxylic acids is 1. The molecular weight excluding hydrogens is 276 g/mol. The minimum absolute atomic E-state index is 0.0294. The summed E-state index contributed by atoms with van der Waals surface area (Å²) >= 11 is 0. The van der Waals surface area contributed by atoms with Crippen LogP contribution in [0.5, 0.6) is 0 Å². The maximum Gasteiger partial charge on any atom is 0.249 e. The van der Waals surface area contributed by atoms with Crippen LogP contribution >= 0.6 is 0 Å². The molecule has 0 unspecified atom stereocenters. The van der Waals surface area contributed by atoms with Crippen molar-refractivity contribution in [2.45, 2.75) is 62.7 Å². The maximum absolute atomic E-state index is 12.7. The van der Waals surface area contributed by atoms with Crippen LogP contribution < -0.4 is 11.1 Å². The summed E-state index contributed by atoms with van der Waals surface area (Å²) in [6, 6.07) is 10.4. The van der Waals surface area contributed by atoms with Crippen LogP contribution in [0.25, 0.3) is 0 Å². The van der Waals surface area contributed by atoms with Crippen molar-refractivity contribution >= 4 is 5.91 Å². The molecule has 0 aromatic heterocycles. The molecule has 1 heterocycles. The number of ether oxygens (including phenoxy) is 1. The van der Waals surface area contributed by atoms with Gasteiger partial charge in [0.15, 0.2) is 0 Å². The van der Waals surface area contributed by atoms with Gasteiger partial charge in [-0.1, -0.05) is 49.6 Å². The molecule has 2 aliphatic rings. The largest absolute Gasteiger partial charge is 0.364 e. The summed E-state index contributed by atoms with van der Waals surface area (Å²) in [5, 5.41) is 3.33. The standard InChI is InChI=1S/C18H26N2O2/c19-13-15-9-10-16(22-15)17(21)20-18(11-5-2-6-12-18)14-7-3-1-4-8-14/h1,3-4,7-8,15-16H,2,5-6,9-13,19H2,(H,20,21)/t15-,16+/m1/s1. The fraction of sp³-hybridized carbons (Fsp3) is 0.611. The first-order chi connectivity index (χ1) is 10.7. The summed E-state index contributed by atoms with van der Waals surface area (Å²) in [4.78, 5) is 12.7. The molecule has 1 aromatic carbocycles. The molecule has 4 heteroatoms. The maximum atomic E-state index is 12.7. The summed E-state index contributed by atoms with van der Waals surface area (Å²) < 4.78 is 5.76. The quantitative estimate of drug-likeness (QED) is 0.898. The van der Waals surface area contributed by atoms with Gasteiger partial charge in [-0.05, 0) is 31.2 Å². The number of hydrogen-bond acceptors (Lipinski definition) is 3. The van der Waals surface area contributed by atoms with E-state index in [2.05, 4.69) is 17.4 Å². The van der Waals surface area contributed by atoms with Crippen LogP contribution in [0.15, 0.2) is 30.3 Å². The Kier molecular flexibility index (Phi) is 4.79. The number of amides is 1. The van der Waals surface area contributed by atoms with E-state index in [9.17, 15) is 4.79 Å². The van der Waals surface area contributed by atoms with E-state index in [-0.39, 0.29) is 23.7 Å². The first-order valence-corrected chi connectivity index (χ1v) is 8.46. The Hall–Kier alpha value is -1.39. The molecule has 1 aliphatic carbocycles. The Morgan fingerprint density at radius 3 is 2.55 bits per heavy atom. The second kappa shape index (κ2) is 6.80. The monoisotopic (exact) mass is 302 g/mol. The van der Waals surface area contributed by atoms with E-state index in [1.54, 1.807) is 0 Å². The Labute approximate surface area is 132 Å². The molecule has 22 heavy (non-hydrogen) atoms. The van der Waals surface area contributed by atoms with Crippen molar-refractivity contribution < 1.29 is 9.53 Å². The van der Waals surface area contributed by atoms with Crippen LogP contribution in [0, 0.1) is 0 Å². The fourth-order valence-corrected chi connectivity index (χ4v) is 3.79. The van der Waals surface area contributed by atoms with Crippen LogP contribution in [0.3, 0.4) is 0 Å². The molecule has 1 aromatic rings. The van der Waals surface area contributed by atoms with Gasteiger partial charge in [-0.25, -0.2) is 0 Å². The van der Waals surface area contributed by atoms with Crippen LogP contribution in [0.2, 0.25) is 0 Å². The molecule has 3 rings (SSSR count). The van der Waals surface area contributed by atoms with Crippen LogP contribution in [-0.4, -0.2) is 24.7 Å². The lowest BCUT2D eigenvalue weighted by Gasteiger charge is -2.39. The molecule has 1 aliphatic heterocycles. The summed E-state index contributed by atoms with van der Waals surface area (Å²) in [6.07, 6.45) is 6.94. The average Bonchev–Trinajstić information content (AvgIpc) is 3.06. The van der Waals surface area contributed by atoms with Crippen LogP contribution in [0.1, 0.15) is 50.5 Å². The zero-order valence-corrected chi connectivity index (χ0v) is 13.1. The predicted octanol–water partition coefficient (Wildman–Crippen LogP) is 2.47. The van der Waals surface area contributed by atoms with Crippen molar-refractivity contribution in [1.82, 2.24) is 5.32 Å². The summed E-state index contributed by atoms with van der Waals surface area (Å²) in [7, 11) is 0. The third-order valence-electron chi connectivity index (χ3n) is 5.06. The van der Waals surface area contributed by atoms with Gasteiger partial charge in [-0.2, -0.15) is 0 Å². The van der Waals surface area contributed by atoms with E-state index in [0.717, 1.165) is 38.5 Å². The highest BCUT2D eigenvalue weighted by atomic mass is 16.5. The van der Waals surface area contributed by atoms with Crippen LogP contribution in [0.4, 0.5) is 0 Å². The van der Waals surface area contributed by atoms with E-state index in [0.29, 0.717) is 6.54 Å². The Balaban J connectivity index is 1.75. The van der Waals surface area contributed by atoms with Crippen molar-refractivity contribution in [2.24, 2.45) is 5.73 Å². The average molecular weight is 302 g/mol. The molecule has 2 atom stereocenters. The molecule has 1 amide bonds. The lowest BCUT2D eigenvalue weighted by atomic mass is 9.76. The third-order valence-corrected chi connectivity index (χ3v) is 5.06. The summed E-state index contributed by atoms with van der Waals surface area (Å²) in [5.74, 6) is 0.0294. The SMILES string of the molecule is NC[C@H]1CC[C@@H](C(=O)NC2(c3ccccc3)CCCCC2)O1. The van der Waals surface area contributed by atoms with Gasteiger partial charge in [0, 0.05) is 6.54 Å². The number of nitrogens with one attached hydrogen (secondary N) is 1. The minimum Gasteiger partial charge on any atom is -0.364 e. The van der Waals surface area contributed by atoms with Crippen LogP contribution in [-0.2, 0) is 15.1 Å². The molecule has 0 spiro atoms. The van der Waals surface area contributed by atoms with Gasteiger partial charge in [-0.15, -0.1) is 0 Å². The van der Waals surface area contributed by atoms with Gasteiger partial charge >= 0.3 is 0 Å². The predicted molar refractivity (Wildman–Crippen MR) is 86.3 cm³/mol. The Morgan fingerprint density at radius 2 is 1.91 bits per heavy atom. The molecule has 1 saturated carbocycles. The van der Waals surface area contributed by atoms with E-state index < -0.39 is 0 Å². The van der Waals surface area contributed by atoms with Crippen molar-refractivity contribution in [3.8, 4) is 0 Å². The summed E-state index contributed by atoms with van der Waals surface area (Å²) in [5.41, 5.74) is 6.64. The highest BCUT2D eigenvalue weighted by Crippen LogP contribution is 2.37. The zero-order chi connectivity index (χ0) is 15.4. The third kappa shape index (κ3) is 3.18. The second-order valence-corrected chi connectivity index (χ2v) is 6.56. The van der Waals surface area contributed by atoms with Gasteiger partial charge in [-0.3, -0.25) is 4.79 Å². The molecular formula is C18H26N2O2. The molecule has 0 bridgehead atoms. The topological polar surface area (TPSA) is 64.4 Å². The van der Waals surface area contributed by atoms with E-state index in [4.69, 9.17) is 10.5 Å². The Morgan fingerprint density at radius 1 is 1.18 bits per heavy atom. The minimum atomic E-state index is -0.337. The van der Waals surface area contributed by atoms with Gasteiger partial charge in [0.25, 0.3) is 0 Å². The van der Waals surface area contributed by atoms with E-state index in [1.807, 2.05) is 18.2 Å². The first-order valence-electron chi connectivity index (χ1n) is 8.46. The van der Waals surface area contributed by atoms with E-state index in [1.165, 1.54) is 12.0 Å². The number of nitrogens with two attached hydrogens (primary N) is 1. The van der Waals surface area contributed by atoms with Crippen molar-refractivity contribution in [3.05, 3.63) is 35.9 Å². The number of rotatable bonds is 4. The van der Waals surface area contributed by atoms with Crippen molar-refractivity contribution in [3.63, 3.8) is 0 Å². The summed E-state index contributed by atoms with van der Waals surface area (Å²) in [6.45, 7) is 0.494. The number of hydrogen-bond donors (Lipinski definition) is 2. The van der Waals surface area contributed by atoms with E-state index >= 15 is 0 Å². The van der Waals surface area contributed by atoms with Gasteiger partial charge < -0.3 is 15.8 Å². The number of carbonyl (C=O) groups is 1. The lowest BCUT2D eigenvalue weighted by Crippen LogP contribution is -2.50. The first kappa shape index (κ1) is 15.5. The normalized spacial score (nSPS) is 27.5. The zero-order valence-electron chi connectivity index (χ0n) is 13.1. The van der Waals surface area contributed by atoms with Gasteiger partial charge in [0.05, 0.1) is 11.6 Å². The van der Waals surface area contributed by atoms with Gasteiger partial charge in [0.2, 0.25) is 5.91 Å². The van der Waals surface area contributed by atoms with Crippen molar-refractivity contribution in [2.75, 3.05) is 6.54 Å². The molecule has 1 saturated heterocycles. The molecule has 4 nitrogen and oxygen atoms in total. The molecule has 120 valence electrons.